The highest BCUT2D eigenvalue weighted by Crippen LogP contribution is 2.22. The Morgan fingerprint density at radius 2 is 2.15 bits per heavy atom. The van der Waals surface area contributed by atoms with Crippen LogP contribution in [-0.4, -0.2) is 34.2 Å². The maximum atomic E-state index is 9.78. The fraction of sp³-hybridized carbons (Fsp3) is 0.400. The van der Waals surface area contributed by atoms with Crippen LogP contribution in [-0.2, 0) is 6.54 Å². The summed E-state index contributed by atoms with van der Waals surface area (Å²) >= 11 is 5.95. The lowest BCUT2D eigenvalue weighted by molar-refractivity contribution is 0.0421. The molecule has 2 rings (SSSR count). The van der Waals surface area contributed by atoms with Crippen LogP contribution in [0.1, 0.15) is 19.5 Å². The number of halogens is 1. The summed E-state index contributed by atoms with van der Waals surface area (Å²) in [4.78, 5) is 6.44. The van der Waals surface area contributed by atoms with Crippen molar-refractivity contribution in [2.75, 3.05) is 13.6 Å². The zero-order valence-corrected chi connectivity index (χ0v) is 12.7. The van der Waals surface area contributed by atoms with Crippen molar-refractivity contribution in [3.8, 4) is 11.5 Å². The molecule has 4 nitrogen and oxygen atoms in total. The molecule has 0 aliphatic carbocycles. The summed E-state index contributed by atoms with van der Waals surface area (Å²) in [7, 11) is 1.94. The summed E-state index contributed by atoms with van der Waals surface area (Å²) in [5.41, 5.74) is 0.953. The van der Waals surface area contributed by atoms with Gasteiger partial charge in [0.2, 0.25) is 5.89 Å². The quantitative estimate of drug-likeness (QED) is 0.920. The van der Waals surface area contributed by atoms with Crippen LogP contribution in [0.15, 0.2) is 34.9 Å². The number of rotatable bonds is 5. The molecule has 0 unspecified atom stereocenters. The zero-order chi connectivity index (χ0) is 14.8. The number of likely N-dealkylation sites (N-methyl/N-ethyl adjacent to an activating group) is 1. The molecule has 0 saturated carbocycles. The lowest BCUT2D eigenvalue weighted by Gasteiger charge is -2.24. The number of benzene rings is 1. The van der Waals surface area contributed by atoms with Crippen LogP contribution in [0, 0.1) is 0 Å². The van der Waals surface area contributed by atoms with Crippen LogP contribution in [0.3, 0.4) is 0 Å². The Labute approximate surface area is 124 Å². The average Bonchev–Trinajstić information content (AvgIpc) is 2.74. The Morgan fingerprint density at radius 1 is 1.40 bits per heavy atom. The van der Waals surface area contributed by atoms with Crippen molar-refractivity contribution in [3.05, 3.63) is 41.2 Å². The van der Waals surface area contributed by atoms with Crippen molar-refractivity contribution in [1.29, 1.82) is 0 Å². The van der Waals surface area contributed by atoms with E-state index in [1.54, 1.807) is 20.1 Å². The van der Waals surface area contributed by atoms with Crippen molar-refractivity contribution < 1.29 is 9.52 Å². The zero-order valence-electron chi connectivity index (χ0n) is 11.9. The minimum atomic E-state index is -0.728. The lowest BCUT2D eigenvalue weighted by Crippen LogP contribution is -2.35. The monoisotopic (exact) mass is 294 g/mol. The van der Waals surface area contributed by atoms with E-state index in [2.05, 4.69) is 4.98 Å². The number of nitrogens with zero attached hydrogens (tertiary/aromatic N) is 2. The Balaban J connectivity index is 2.06. The highest BCUT2D eigenvalue weighted by Gasteiger charge is 2.17. The molecule has 1 N–H and O–H groups in total. The van der Waals surface area contributed by atoms with Crippen LogP contribution in [0.4, 0.5) is 0 Å². The summed E-state index contributed by atoms with van der Waals surface area (Å²) in [5, 5.41) is 10.4. The minimum Gasteiger partial charge on any atom is -0.444 e. The second kappa shape index (κ2) is 5.95. The van der Waals surface area contributed by atoms with E-state index in [4.69, 9.17) is 16.0 Å². The molecule has 0 aliphatic heterocycles. The first-order valence-electron chi connectivity index (χ1n) is 6.45. The summed E-state index contributed by atoms with van der Waals surface area (Å²) in [5.74, 6) is 0.555. The van der Waals surface area contributed by atoms with Crippen molar-refractivity contribution in [3.63, 3.8) is 0 Å². The van der Waals surface area contributed by atoms with Gasteiger partial charge in [-0.15, -0.1) is 0 Å². The molecular formula is C15H19ClN2O2. The van der Waals surface area contributed by atoms with Gasteiger partial charge in [0.1, 0.15) is 6.26 Å². The largest absolute Gasteiger partial charge is 0.444 e. The SMILES string of the molecule is CN(Cc1coc(-c2cccc(Cl)c2)n1)CC(C)(C)O. The topological polar surface area (TPSA) is 49.5 Å². The van der Waals surface area contributed by atoms with E-state index in [1.165, 1.54) is 0 Å². The van der Waals surface area contributed by atoms with E-state index in [1.807, 2.05) is 36.2 Å². The molecule has 1 aromatic carbocycles. The van der Waals surface area contributed by atoms with Gasteiger partial charge in [-0.05, 0) is 39.1 Å². The van der Waals surface area contributed by atoms with Gasteiger partial charge in [0.05, 0.1) is 11.3 Å². The third-order valence-corrected chi connectivity index (χ3v) is 2.95. The summed E-state index contributed by atoms with van der Waals surface area (Å²) in [6.07, 6.45) is 1.64. The van der Waals surface area contributed by atoms with Gasteiger partial charge in [0.25, 0.3) is 0 Å². The number of oxazole rings is 1. The van der Waals surface area contributed by atoms with Crippen molar-refractivity contribution >= 4 is 11.6 Å². The second-order valence-corrected chi connectivity index (χ2v) is 6.08. The molecule has 0 bridgehead atoms. The maximum Gasteiger partial charge on any atom is 0.226 e. The van der Waals surface area contributed by atoms with Gasteiger partial charge in [-0.1, -0.05) is 17.7 Å². The maximum absolute atomic E-state index is 9.78. The van der Waals surface area contributed by atoms with E-state index in [0.29, 0.717) is 24.0 Å². The normalized spacial score (nSPS) is 12.1. The molecule has 0 saturated heterocycles. The van der Waals surface area contributed by atoms with Crippen molar-refractivity contribution in [1.82, 2.24) is 9.88 Å². The molecule has 20 heavy (non-hydrogen) atoms. The van der Waals surface area contributed by atoms with Gasteiger partial charge in [0, 0.05) is 23.7 Å². The van der Waals surface area contributed by atoms with E-state index >= 15 is 0 Å². The Morgan fingerprint density at radius 3 is 2.80 bits per heavy atom. The number of aromatic nitrogens is 1. The Hall–Kier alpha value is -1.36. The van der Waals surface area contributed by atoms with Crippen LogP contribution in [0.25, 0.3) is 11.5 Å². The lowest BCUT2D eigenvalue weighted by atomic mass is 10.1. The molecule has 0 fully saturated rings. The van der Waals surface area contributed by atoms with Crippen LogP contribution >= 0.6 is 11.6 Å². The molecule has 0 radical (unpaired) electrons. The summed E-state index contributed by atoms with van der Waals surface area (Å²) in [6, 6.07) is 7.40. The van der Waals surface area contributed by atoms with Crippen LogP contribution in [0.2, 0.25) is 5.02 Å². The molecule has 108 valence electrons. The first-order valence-corrected chi connectivity index (χ1v) is 6.82. The van der Waals surface area contributed by atoms with Crippen LogP contribution < -0.4 is 0 Å². The first kappa shape index (κ1) is 15.0. The number of hydrogen-bond donors (Lipinski definition) is 1. The Kier molecular flexibility index (Phi) is 4.48. The fourth-order valence-electron chi connectivity index (χ4n) is 2.13. The highest BCUT2D eigenvalue weighted by molar-refractivity contribution is 6.30. The van der Waals surface area contributed by atoms with Crippen molar-refractivity contribution in [2.24, 2.45) is 0 Å². The molecule has 5 heteroatoms. The predicted molar refractivity (Wildman–Crippen MR) is 79.6 cm³/mol. The predicted octanol–water partition coefficient (Wildman–Crippen LogP) is 3.20. The van der Waals surface area contributed by atoms with Gasteiger partial charge in [-0.25, -0.2) is 4.98 Å². The number of hydrogen-bond acceptors (Lipinski definition) is 4. The van der Waals surface area contributed by atoms with E-state index in [0.717, 1.165) is 11.3 Å². The fourth-order valence-corrected chi connectivity index (χ4v) is 2.32. The smallest absolute Gasteiger partial charge is 0.226 e. The van der Waals surface area contributed by atoms with Gasteiger partial charge in [-0.3, -0.25) is 4.90 Å². The first-order chi connectivity index (χ1) is 9.33. The second-order valence-electron chi connectivity index (χ2n) is 5.64. The average molecular weight is 295 g/mol. The van der Waals surface area contributed by atoms with Gasteiger partial charge in [-0.2, -0.15) is 0 Å². The summed E-state index contributed by atoms with van der Waals surface area (Å²) < 4.78 is 5.48. The number of aliphatic hydroxyl groups is 1. The van der Waals surface area contributed by atoms with Gasteiger partial charge < -0.3 is 9.52 Å². The third kappa shape index (κ3) is 4.34. The van der Waals surface area contributed by atoms with Gasteiger partial charge in [0.15, 0.2) is 0 Å². The van der Waals surface area contributed by atoms with E-state index in [-0.39, 0.29) is 0 Å². The molecular weight excluding hydrogens is 276 g/mol. The molecule has 0 amide bonds. The molecule has 2 aromatic rings. The molecule has 1 aromatic heterocycles. The minimum absolute atomic E-state index is 0.555. The Bertz CT molecular complexity index is 575. The van der Waals surface area contributed by atoms with Gasteiger partial charge >= 0.3 is 0 Å². The summed E-state index contributed by atoms with van der Waals surface area (Å²) in [6.45, 7) is 4.74. The molecule has 0 aliphatic rings. The standard InChI is InChI=1S/C15H19ClN2O2/c1-15(2,19)10-18(3)8-13-9-20-14(17-13)11-5-4-6-12(16)7-11/h4-7,9,19H,8,10H2,1-3H3. The third-order valence-electron chi connectivity index (χ3n) is 2.71. The highest BCUT2D eigenvalue weighted by atomic mass is 35.5. The van der Waals surface area contributed by atoms with E-state index in [9.17, 15) is 5.11 Å². The van der Waals surface area contributed by atoms with E-state index < -0.39 is 5.60 Å². The molecule has 1 heterocycles. The van der Waals surface area contributed by atoms with Crippen LogP contribution in [0.5, 0.6) is 0 Å². The van der Waals surface area contributed by atoms with Crippen molar-refractivity contribution in [2.45, 2.75) is 26.0 Å². The molecule has 0 atom stereocenters. The molecule has 0 spiro atoms.